The van der Waals surface area contributed by atoms with Crippen LogP contribution < -0.4 is 51.6 Å². The summed E-state index contributed by atoms with van der Waals surface area (Å²) in [6, 6.07) is 0. The van der Waals surface area contributed by atoms with Crippen molar-refractivity contribution in [3.05, 3.63) is 0 Å². The van der Waals surface area contributed by atoms with Crippen LogP contribution in [0.4, 0.5) is 0 Å². The maximum atomic E-state index is 4.94. The molecule has 9 heteroatoms. The minimum atomic E-state index is -0.338. The highest BCUT2D eigenvalue weighted by molar-refractivity contribution is 4.45. The average molecular weight is 255 g/mol. The van der Waals surface area contributed by atoms with Crippen LogP contribution in [0.15, 0.2) is 0 Å². The van der Waals surface area contributed by atoms with E-state index in [0.29, 0.717) is 45.8 Å². The summed E-state index contributed by atoms with van der Waals surface area (Å²) in [5.74, 6) is 0. The Morgan fingerprint density at radius 3 is 0.588 bits per heavy atom. The van der Waals surface area contributed by atoms with E-state index >= 15 is 0 Å². The molecule has 9 nitrogen and oxygen atoms in total. The fourth-order valence-electron chi connectivity index (χ4n) is 0. The lowest BCUT2D eigenvalue weighted by molar-refractivity contribution is 0.718. The molecule has 0 atom stereocenters. The van der Waals surface area contributed by atoms with E-state index in [1.807, 2.05) is 0 Å². The van der Waals surface area contributed by atoms with Crippen LogP contribution in [0, 0.1) is 0 Å². The Balaban J connectivity index is -0.0000000667. The van der Waals surface area contributed by atoms with Gasteiger partial charge in [-0.2, -0.15) is 0 Å². The number of rotatable bonds is 4. The Hall–Kier alpha value is -0.360. The molecule has 110 valence electrons. The lowest BCUT2D eigenvalue weighted by Crippen LogP contribution is -2.37. The van der Waals surface area contributed by atoms with Gasteiger partial charge < -0.3 is 51.6 Å². The zero-order chi connectivity index (χ0) is 14.5. The first-order valence-corrected chi connectivity index (χ1v) is 5.43. The van der Waals surface area contributed by atoms with Crippen LogP contribution >= 0.6 is 0 Å². The SMILES string of the molecule is NCC(N)N.NCCN.NCCN.NCCN. The minimum Gasteiger partial charge on any atom is -0.329 e. The molecule has 0 aromatic carbocycles. The molecule has 0 unspecified atom stereocenters. The van der Waals surface area contributed by atoms with Gasteiger partial charge in [-0.05, 0) is 0 Å². The fourth-order valence-corrected chi connectivity index (χ4v) is 0. The van der Waals surface area contributed by atoms with Gasteiger partial charge >= 0.3 is 0 Å². The minimum absolute atomic E-state index is 0.338. The zero-order valence-corrected chi connectivity index (χ0v) is 10.7. The fraction of sp³-hybridized carbons (Fsp3) is 1.00. The number of hydrogen-bond donors (Lipinski definition) is 9. The van der Waals surface area contributed by atoms with Gasteiger partial charge in [0.05, 0.1) is 6.17 Å². The molecule has 0 aromatic heterocycles. The second-order valence-electron chi connectivity index (χ2n) is 2.63. The second kappa shape index (κ2) is 36.1. The van der Waals surface area contributed by atoms with Crippen LogP contribution in [0.3, 0.4) is 0 Å². The number of hydrogen-bond acceptors (Lipinski definition) is 9. The summed E-state index contributed by atoms with van der Waals surface area (Å²) in [4.78, 5) is 0. The molecule has 0 saturated carbocycles. The van der Waals surface area contributed by atoms with Gasteiger partial charge in [0, 0.05) is 45.8 Å². The van der Waals surface area contributed by atoms with Crippen LogP contribution in [0.1, 0.15) is 0 Å². The van der Waals surface area contributed by atoms with Gasteiger partial charge in [-0.25, -0.2) is 0 Å². The van der Waals surface area contributed by atoms with Gasteiger partial charge in [0.1, 0.15) is 0 Å². The molecule has 0 aliphatic rings. The van der Waals surface area contributed by atoms with Crippen LogP contribution in [-0.4, -0.2) is 52.0 Å². The Kier molecular flexibility index (Phi) is 54.1. The molecule has 0 aliphatic heterocycles. The highest BCUT2D eigenvalue weighted by Crippen LogP contribution is 1.43. The van der Waals surface area contributed by atoms with Crippen molar-refractivity contribution in [3.63, 3.8) is 0 Å². The van der Waals surface area contributed by atoms with Gasteiger partial charge in [-0.15, -0.1) is 0 Å². The van der Waals surface area contributed by atoms with E-state index in [2.05, 4.69) is 0 Å². The molecular weight excluding hydrogens is 222 g/mol. The molecule has 0 saturated heterocycles. The standard InChI is InChI=1S/C2H9N3.3C2H8N2/c3-1-2(4)5;3*3-1-2-4/h2H,1,3-5H2;3*1-4H2. The summed E-state index contributed by atoms with van der Waals surface area (Å²) < 4.78 is 0. The zero-order valence-electron chi connectivity index (χ0n) is 10.7. The first kappa shape index (κ1) is 25.5. The van der Waals surface area contributed by atoms with Crippen LogP contribution in [0.5, 0.6) is 0 Å². The predicted octanol–water partition coefficient (Wildman–Crippen LogP) is -5.10. The van der Waals surface area contributed by atoms with E-state index < -0.39 is 0 Å². The van der Waals surface area contributed by atoms with Gasteiger partial charge in [0.2, 0.25) is 0 Å². The van der Waals surface area contributed by atoms with Crippen molar-refractivity contribution in [1.29, 1.82) is 0 Å². The van der Waals surface area contributed by atoms with E-state index in [9.17, 15) is 0 Å². The van der Waals surface area contributed by atoms with E-state index in [1.54, 1.807) is 0 Å². The van der Waals surface area contributed by atoms with Gasteiger partial charge in [-0.1, -0.05) is 0 Å². The van der Waals surface area contributed by atoms with Crippen molar-refractivity contribution < 1.29 is 0 Å². The highest BCUT2D eigenvalue weighted by atomic mass is 14.9. The van der Waals surface area contributed by atoms with Crippen molar-refractivity contribution in [2.24, 2.45) is 51.6 Å². The molecule has 0 amide bonds. The van der Waals surface area contributed by atoms with Crippen molar-refractivity contribution in [2.75, 3.05) is 45.8 Å². The van der Waals surface area contributed by atoms with Crippen molar-refractivity contribution in [3.8, 4) is 0 Å². The largest absolute Gasteiger partial charge is 0.329 e. The average Bonchev–Trinajstić information content (AvgIpc) is 2.39. The lowest BCUT2D eigenvalue weighted by Gasteiger charge is -1.93. The number of nitrogens with two attached hydrogens (primary N) is 9. The summed E-state index contributed by atoms with van der Waals surface area (Å²) in [6.45, 7) is 3.94. The molecule has 0 aliphatic carbocycles. The molecule has 0 radical (unpaired) electrons. The summed E-state index contributed by atoms with van der Waals surface area (Å²) in [5.41, 5.74) is 44.2. The van der Waals surface area contributed by atoms with Crippen molar-refractivity contribution in [2.45, 2.75) is 6.17 Å². The molecule has 0 heterocycles. The third-order valence-electron chi connectivity index (χ3n) is 0.772. The topological polar surface area (TPSA) is 234 Å². The maximum absolute atomic E-state index is 4.94. The molecule has 17 heavy (non-hydrogen) atoms. The van der Waals surface area contributed by atoms with E-state index in [4.69, 9.17) is 51.6 Å². The smallest absolute Gasteiger partial charge is 0.0647 e. The van der Waals surface area contributed by atoms with Crippen molar-refractivity contribution >= 4 is 0 Å². The summed E-state index contributed by atoms with van der Waals surface area (Å²) >= 11 is 0. The molecule has 0 bridgehead atoms. The Bertz CT molecular complexity index is 65.9. The quantitative estimate of drug-likeness (QED) is 0.218. The van der Waals surface area contributed by atoms with Gasteiger partial charge in [0.25, 0.3) is 0 Å². The maximum Gasteiger partial charge on any atom is 0.0647 e. The Labute approximate surface area is 104 Å². The molecule has 0 aromatic rings. The van der Waals surface area contributed by atoms with Crippen LogP contribution in [-0.2, 0) is 0 Å². The third kappa shape index (κ3) is 135. The first-order chi connectivity index (χ1) is 8.01. The van der Waals surface area contributed by atoms with Crippen molar-refractivity contribution in [1.82, 2.24) is 0 Å². The van der Waals surface area contributed by atoms with E-state index in [-0.39, 0.29) is 6.17 Å². The molecule has 0 rings (SSSR count). The lowest BCUT2D eigenvalue weighted by atomic mass is 10.6. The Morgan fingerprint density at radius 2 is 0.588 bits per heavy atom. The Morgan fingerprint density at radius 1 is 0.471 bits per heavy atom. The molecular formula is C8H33N9. The van der Waals surface area contributed by atoms with Crippen LogP contribution in [0.2, 0.25) is 0 Å². The van der Waals surface area contributed by atoms with Crippen LogP contribution in [0.25, 0.3) is 0 Å². The summed E-state index contributed by atoms with van der Waals surface area (Å²) in [5, 5.41) is 0. The summed E-state index contributed by atoms with van der Waals surface area (Å²) in [6.07, 6.45) is -0.338. The molecule has 18 N–H and O–H groups in total. The van der Waals surface area contributed by atoms with Gasteiger partial charge in [0.15, 0.2) is 0 Å². The summed E-state index contributed by atoms with van der Waals surface area (Å²) in [7, 11) is 0. The predicted molar refractivity (Wildman–Crippen MR) is 75.5 cm³/mol. The normalized spacial score (nSPS) is 8.12. The molecule has 0 spiro atoms. The highest BCUT2D eigenvalue weighted by Gasteiger charge is 1.79. The monoisotopic (exact) mass is 255 g/mol. The third-order valence-corrected chi connectivity index (χ3v) is 0.772. The second-order valence-corrected chi connectivity index (χ2v) is 2.63. The van der Waals surface area contributed by atoms with E-state index in [1.165, 1.54) is 0 Å². The van der Waals surface area contributed by atoms with E-state index in [0.717, 1.165) is 0 Å². The molecule has 0 fully saturated rings. The first-order valence-electron chi connectivity index (χ1n) is 5.43. The van der Waals surface area contributed by atoms with Gasteiger partial charge in [-0.3, -0.25) is 0 Å².